The summed E-state index contributed by atoms with van der Waals surface area (Å²) in [6.45, 7) is 2.39. The summed E-state index contributed by atoms with van der Waals surface area (Å²) in [5.41, 5.74) is 0.930. The molecule has 0 saturated heterocycles. The van der Waals surface area contributed by atoms with Gasteiger partial charge < -0.3 is 0 Å². The lowest BCUT2D eigenvalue weighted by atomic mass is 10.1. The first kappa shape index (κ1) is 10.5. The molecular weight excluding hydrogens is 209 g/mol. The molecule has 0 radical (unpaired) electrons. The van der Waals surface area contributed by atoms with Crippen molar-refractivity contribution in [3.63, 3.8) is 0 Å². The molecule has 0 bridgehead atoms. The Morgan fingerprint density at radius 1 is 1.44 bits per heavy atom. The minimum Gasteiger partial charge on any atom is -0.296 e. The molecule has 1 aromatic heterocycles. The summed E-state index contributed by atoms with van der Waals surface area (Å²) in [7, 11) is 0. The molecule has 0 aliphatic rings. The van der Waals surface area contributed by atoms with Crippen molar-refractivity contribution in [3.8, 4) is 11.3 Å². The van der Waals surface area contributed by atoms with Crippen LogP contribution in [0.5, 0.6) is 0 Å². The Kier molecular flexibility index (Phi) is 2.76. The van der Waals surface area contributed by atoms with Crippen LogP contribution in [0.15, 0.2) is 24.3 Å². The monoisotopic (exact) mass is 219 g/mol. The highest BCUT2D eigenvalue weighted by Crippen LogP contribution is 2.23. The number of nitrogens with zero attached hydrogens (tertiary/aromatic N) is 3. The van der Waals surface area contributed by atoms with E-state index < -0.39 is 0 Å². The van der Waals surface area contributed by atoms with E-state index in [9.17, 15) is 9.18 Å². The van der Waals surface area contributed by atoms with Crippen molar-refractivity contribution in [2.45, 2.75) is 13.5 Å². The van der Waals surface area contributed by atoms with Crippen molar-refractivity contribution in [2.24, 2.45) is 0 Å². The van der Waals surface area contributed by atoms with Gasteiger partial charge in [-0.2, -0.15) is 0 Å². The molecule has 0 spiro atoms. The number of halogens is 1. The lowest BCUT2D eigenvalue weighted by Gasteiger charge is -2.04. The number of hydrogen-bond acceptors (Lipinski definition) is 3. The smallest absolute Gasteiger partial charge is 0.172 e. The van der Waals surface area contributed by atoms with Crippen LogP contribution >= 0.6 is 0 Å². The van der Waals surface area contributed by atoms with E-state index >= 15 is 0 Å². The number of carbonyl (C=O) groups excluding carboxylic acids is 1. The topological polar surface area (TPSA) is 47.8 Å². The zero-order chi connectivity index (χ0) is 11.5. The van der Waals surface area contributed by atoms with E-state index in [1.165, 1.54) is 10.7 Å². The molecule has 1 aromatic carbocycles. The van der Waals surface area contributed by atoms with Gasteiger partial charge in [0, 0.05) is 12.1 Å². The Hall–Kier alpha value is -2.04. The van der Waals surface area contributed by atoms with Crippen LogP contribution in [0.25, 0.3) is 11.3 Å². The van der Waals surface area contributed by atoms with Crippen molar-refractivity contribution in [2.75, 3.05) is 0 Å². The van der Waals surface area contributed by atoms with Crippen LogP contribution in [0.2, 0.25) is 0 Å². The first-order valence-electron chi connectivity index (χ1n) is 4.91. The standard InChI is InChI=1S/C11H10FN3O/c1-2-15-11(10(7-16)13-14-15)8-5-3-4-6-9(8)12/h3-7H,2H2,1H3. The number of carbonyl (C=O) groups is 1. The Morgan fingerprint density at radius 2 is 2.19 bits per heavy atom. The van der Waals surface area contributed by atoms with Gasteiger partial charge in [0.15, 0.2) is 12.0 Å². The predicted octanol–water partition coefficient (Wildman–Crippen LogP) is 1.92. The zero-order valence-electron chi connectivity index (χ0n) is 8.72. The third-order valence-electron chi connectivity index (χ3n) is 2.30. The molecule has 0 fully saturated rings. The van der Waals surface area contributed by atoms with Crippen molar-refractivity contribution in [3.05, 3.63) is 35.8 Å². The van der Waals surface area contributed by atoms with Crippen LogP contribution in [-0.2, 0) is 6.54 Å². The summed E-state index contributed by atoms with van der Waals surface area (Å²) < 4.78 is 15.1. The first-order valence-corrected chi connectivity index (χ1v) is 4.91. The molecule has 2 rings (SSSR count). The van der Waals surface area contributed by atoms with Crippen molar-refractivity contribution in [1.29, 1.82) is 0 Å². The molecule has 0 unspecified atom stereocenters. The molecule has 5 heteroatoms. The third kappa shape index (κ3) is 1.60. The van der Waals surface area contributed by atoms with E-state index in [2.05, 4.69) is 10.3 Å². The molecule has 1 heterocycles. The molecule has 0 aliphatic carbocycles. The lowest BCUT2D eigenvalue weighted by molar-refractivity contribution is 0.111. The number of aldehydes is 1. The predicted molar refractivity (Wildman–Crippen MR) is 56.5 cm³/mol. The number of aryl methyl sites for hydroxylation is 1. The van der Waals surface area contributed by atoms with Crippen LogP contribution in [0.1, 0.15) is 17.4 Å². The molecule has 0 amide bonds. The molecule has 0 atom stereocenters. The van der Waals surface area contributed by atoms with Crippen molar-refractivity contribution >= 4 is 6.29 Å². The summed E-state index contributed by atoms with van der Waals surface area (Å²) >= 11 is 0. The SMILES string of the molecule is CCn1nnc(C=O)c1-c1ccccc1F. The second kappa shape index (κ2) is 4.22. The highest BCUT2D eigenvalue weighted by Gasteiger charge is 2.16. The fraction of sp³-hybridized carbons (Fsp3) is 0.182. The van der Waals surface area contributed by atoms with Crippen LogP contribution in [0.4, 0.5) is 4.39 Å². The highest BCUT2D eigenvalue weighted by molar-refractivity contribution is 5.83. The molecule has 0 saturated carbocycles. The molecule has 82 valence electrons. The van der Waals surface area contributed by atoms with E-state index in [-0.39, 0.29) is 11.5 Å². The Bertz CT molecular complexity index is 522. The molecule has 0 aliphatic heterocycles. The van der Waals surface area contributed by atoms with E-state index in [0.29, 0.717) is 24.1 Å². The van der Waals surface area contributed by atoms with E-state index in [4.69, 9.17) is 0 Å². The zero-order valence-corrected chi connectivity index (χ0v) is 8.72. The number of rotatable bonds is 3. The third-order valence-corrected chi connectivity index (χ3v) is 2.30. The average Bonchev–Trinajstić information content (AvgIpc) is 2.72. The number of hydrogen-bond donors (Lipinski definition) is 0. The highest BCUT2D eigenvalue weighted by atomic mass is 19.1. The second-order valence-electron chi connectivity index (χ2n) is 3.24. The summed E-state index contributed by atoms with van der Waals surface area (Å²) in [6, 6.07) is 6.25. The summed E-state index contributed by atoms with van der Waals surface area (Å²) in [5.74, 6) is -0.386. The summed E-state index contributed by atoms with van der Waals surface area (Å²) in [5, 5.41) is 7.49. The van der Waals surface area contributed by atoms with Gasteiger partial charge in [-0.05, 0) is 19.1 Å². The fourth-order valence-corrected chi connectivity index (χ4v) is 1.56. The van der Waals surface area contributed by atoms with E-state index in [0.717, 1.165) is 0 Å². The lowest BCUT2D eigenvalue weighted by Crippen LogP contribution is -2.01. The van der Waals surface area contributed by atoms with Gasteiger partial charge in [0.2, 0.25) is 0 Å². The maximum atomic E-state index is 13.6. The van der Waals surface area contributed by atoms with Crippen LogP contribution in [0.3, 0.4) is 0 Å². The summed E-state index contributed by atoms with van der Waals surface area (Å²) in [4.78, 5) is 10.8. The van der Waals surface area contributed by atoms with Gasteiger partial charge >= 0.3 is 0 Å². The van der Waals surface area contributed by atoms with Gasteiger partial charge in [-0.1, -0.05) is 17.3 Å². The Morgan fingerprint density at radius 3 is 2.81 bits per heavy atom. The number of aromatic nitrogens is 3. The number of benzene rings is 1. The van der Waals surface area contributed by atoms with Gasteiger partial charge in [-0.25, -0.2) is 9.07 Å². The maximum Gasteiger partial charge on any atom is 0.172 e. The van der Waals surface area contributed by atoms with Gasteiger partial charge in [-0.15, -0.1) is 5.10 Å². The van der Waals surface area contributed by atoms with Crippen LogP contribution in [-0.4, -0.2) is 21.3 Å². The van der Waals surface area contributed by atoms with Gasteiger partial charge in [0.05, 0.1) is 0 Å². The largest absolute Gasteiger partial charge is 0.296 e. The fourth-order valence-electron chi connectivity index (χ4n) is 1.56. The molecule has 4 nitrogen and oxygen atoms in total. The molecule has 2 aromatic rings. The summed E-state index contributed by atoms with van der Waals surface area (Å²) in [6.07, 6.45) is 0.584. The van der Waals surface area contributed by atoms with E-state index in [1.54, 1.807) is 18.2 Å². The molecule has 16 heavy (non-hydrogen) atoms. The quantitative estimate of drug-likeness (QED) is 0.741. The van der Waals surface area contributed by atoms with Crippen LogP contribution < -0.4 is 0 Å². The minimum absolute atomic E-state index is 0.159. The first-order chi connectivity index (χ1) is 7.77. The van der Waals surface area contributed by atoms with Gasteiger partial charge in [-0.3, -0.25) is 4.79 Å². The second-order valence-corrected chi connectivity index (χ2v) is 3.24. The Labute approximate surface area is 91.7 Å². The minimum atomic E-state index is -0.386. The van der Waals surface area contributed by atoms with Crippen molar-refractivity contribution in [1.82, 2.24) is 15.0 Å². The molecular formula is C11H10FN3O. The Balaban J connectivity index is 2.67. The maximum absolute atomic E-state index is 13.6. The van der Waals surface area contributed by atoms with Crippen molar-refractivity contribution < 1.29 is 9.18 Å². The average molecular weight is 219 g/mol. The van der Waals surface area contributed by atoms with E-state index in [1.807, 2.05) is 6.92 Å². The molecule has 0 N–H and O–H groups in total. The van der Waals surface area contributed by atoms with Gasteiger partial charge in [0.25, 0.3) is 0 Å². The van der Waals surface area contributed by atoms with Crippen LogP contribution in [0, 0.1) is 5.82 Å². The van der Waals surface area contributed by atoms with Gasteiger partial charge in [0.1, 0.15) is 11.5 Å². The normalized spacial score (nSPS) is 10.4.